The summed E-state index contributed by atoms with van der Waals surface area (Å²) >= 11 is 10.5. The highest BCUT2D eigenvalue weighted by atomic mass is 79.9. The van der Waals surface area contributed by atoms with Crippen LogP contribution in [0.2, 0.25) is 5.15 Å². The van der Waals surface area contributed by atoms with Crippen molar-refractivity contribution in [3.05, 3.63) is 89.4 Å². The van der Waals surface area contributed by atoms with Crippen molar-refractivity contribution in [3.8, 4) is 0 Å². The third-order valence-electron chi connectivity index (χ3n) is 4.01. The number of methoxy groups -OCH3 is 1. The van der Waals surface area contributed by atoms with Crippen LogP contribution < -0.4 is 10.3 Å². The van der Waals surface area contributed by atoms with Gasteiger partial charge in [-0.2, -0.15) is 5.10 Å². The normalized spacial score (nSPS) is 10.9. The average Bonchev–Trinajstić information content (AvgIpc) is 3.01. The number of ether oxygens (including phenoxy) is 1. The van der Waals surface area contributed by atoms with Crippen molar-refractivity contribution in [1.29, 1.82) is 0 Å². The van der Waals surface area contributed by atoms with Gasteiger partial charge in [0, 0.05) is 4.47 Å². The van der Waals surface area contributed by atoms with E-state index in [4.69, 9.17) is 16.3 Å². The Morgan fingerprint density at radius 3 is 2.77 bits per heavy atom. The van der Waals surface area contributed by atoms with Crippen LogP contribution in [0.3, 0.4) is 0 Å². The molecule has 154 valence electrons. The van der Waals surface area contributed by atoms with Crippen molar-refractivity contribution in [3.63, 3.8) is 0 Å². The van der Waals surface area contributed by atoms with E-state index in [9.17, 15) is 14.4 Å². The molecule has 1 N–H and O–H groups in total. The van der Waals surface area contributed by atoms with Crippen LogP contribution in [0.4, 0.5) is 0 Å². The van der Waals surface area contributed by atoms with E-state index in [1.807, 2.05) is 0 Å². The number of halogens is 2. The molecule has 2 aromatic carbocycles. The molecule has 3 rings (SSSR count). The molecule has 1 heterocycles. The highest BCUT2D eigenvalue weighted by molar-refractivity contribution is 9.10. The lowest BCUT2D eigenvalue weighted by atomic mass is 10.1. The van der Waals surface area contributed by atoms with E-state index in [0.717, 1.165) is 11.3 Å². The van der Waals surface area contributed by atoms with Gasteiger partial charge in [0.05, 0.1) is 35.9 Å². The summed E-state index contributed by atoms with van der Waals surface area (Å²) < 4.78 is 6.71. The lowest BCUT2D eigenvalue weighted by Gasteiger charge is -2.06. The first-order valence-electron chi connectivity index (χ1n) is 8.55. The molecule has 0 aliphatic rings. The molecule has 30 heavy (non-hydrogen) atoms. The van der Waals surface area contributed by atoms with E-state index in [-0.39, 0.29) is 16.6 Å². The first kappa shape index (κ1) is 21.9. The summed E-state index contributed by atoms with van der Waals surface area (Å²) in [7, 11) is 1.30. The number of thiazole rings is 1. The van der Waals surface area contributed by atoms with Crippen LogP contribution in [0, 0.1) is 0 Å². The van der Waals surface area contributed by atoms with Crippen molar-refractivity contribution < 1.29 is 14.3 Å². The standard InChI is InChI=1S/C20H15BrClN3O4S/c1-29-19(27)13-6-4-5-12(9-13)11-25-17(22)16(30-20(25)28)10-23-24-18(26)14-7-2-3-8-15(14)21/h2-10H,11H2,1H3,(H,24,26)/b23-10-. The summed E-state index contributed by atoms with van der Waals surface area (Å²) in [4.78, 5) is 36.3. The van der Waals surface area contributed by atoms with Crippen LogP contribution in [0.5, 0.6) is 0 Å². The number of carbonyl (C=O) groups is 2. The summed E-state index contributed by atoms with van der Waals surface area (Å²) in [6.07, 6.45) is 1.32. The molecule has 7 nitrogen and oxygen atoms in total. The molecule has 1 aromatic heterocycles. The van der Waals surface area contributed by atoms with E-state index >= 15 is 0 Å². The van der Waals surface area contributed by atoms with Gasteiger partial charge in [0.25, 0.3) is 5.91 Å². The summed E-state index contributed by atoms with van der Waals surface area (Å²) in [5, 5.41) is 4.08. The van der Waals surface area contributed by atoms with E-state index in [1.165, 1.54) is 17.9 Å². The number of hydrogen-bond acceptors (Lipinski definition) is 6. The number of aromatic nitrogens is 1. The fourth-order valence-electron chi connectivity index (χ4n) is 2.57. The Hall–Kier alpha value is -2.75. The molecule has 0 unspecified atom stereocenters. The van der Waals surface area contributed by atoms with Gasteiger partial charge in [-0.1, -0.05) is 47.2 Å². The Morgan fingerprint density at radius 1 is 1.27 bits per heavy atom. The highest BCUT2D eigenvalue weighted by Crippen LogP contribution is 2.19. The topological polar surface area (TPSA) is 89.8 Å². The molecule has 0 spiro atoms. The zero-order chi connectivity index (χ0) is 21.7. The second kappa shape index (κ2) is 9.84. The largest absolute Gasteiger partial charge is 0.465 e. The van der Waals surface area contributed by atoms with Crippen molar-refractivity contribution in [2.45, 2.75) is 6.54 Å². The second-order valence-electron chi connectivity index (χ2n) is 5.98. The molecular formula is C20H15BrClN3O4S. The average molecular weight is 509 g/mol. The Labute approximate surface area is 189 Å². The molecule has 0 saturated carbocycles. The van der Waals surface area contributed by atoms with Gasteiger partial charge in [0.2, 0.25) is 0 Å². The minimum absolute atomic E-state index is 0.177. The van der Waals surface area contributed by atoms with E-state index in [2.05, 4.69) is 26.5 Å². The minimum atomic E-state index is -0.464. The van der Waals surface area contributed by atoms with Crippen molar-refractivity contribution in [2.75, 3.05) is 7.11 Å². The van der Waals surface area contributed by atoms with Crippen LogP contribution >= 0.6 is 38.9 Å². The van der Waals surface area contributed by atoms with Gasteiger partial charge in [-0.05, 0) is 45.8 Å². The number of esters is 1. The molecule has 0 saturated heterocycles. The second-order valence-corrected chi connectivity index (χ2v) is 8.19. The van der Waals surface area contributed by atoms with Crippen LogP contribution in [0.15, 0.2) is 62.9 Å². The third-order valence-corrected chi connectivity index (χ3v) is 6.14. The number of rotatable bonds is 6. The van der Waals surface area contributed by atoms with Gasteiger partial charge in [-0.15, -0.1) is 0 Å². The molecule has 0 fully saturated rings. The number of carbonyl (C=O) groups excluding carboxylic acids is 2. The lowest BCUT2D eigenvalue weighted by Crippen LogP contribution is -2.18. The molecule has 10 heteroatoms. The summed E-state index contributed by atoms with van der Waals surface area (Å²) in [6.45, 7) is 0.177. The molecule has 3 aromatic rings. The van der Waals surface area contributed by atoms with Gasteiger partial charge in [0.1, 0.15) is 5.15 Å². The SMILES string of the molecule is COC(=O)c1cccc(Cn2c(Cl)c(/C=N\NC(=O)c3ccccc3Br)sc2=O)c1. The van der Waals surface area contributed by atoms with E-state index in [1.54, 1.807) is 48.5 Å². The fourth-order valence-corrected chi connectivity index (χ4v) is 4.14. The number of benzene rings is 2. The Morgan fingerprint density at radius 2 is 2.03 bits per heavy atom. The van der Waals surface area contributed by atoms with Gasteiger partial charge in [-0.3, -0.25) is 14.2 Å². The van der Waals surface area contributed by atoms with Crippen molar-refractivity contribution >= 4 is 57.0 Å². The van der Waals surface area contributed by atoms with Crippen LogP contribution in [0.25, 0.3) is 0 Å². The zero-order valence-corrected chi connectivity index (χ0v) is 18.8. The minimum Gasteiger partial charge on any atom is -0.465 e. The molecule has 0 atom stereocenters. The molecule has 0 aliphatic heterocycles. The van der Waals surface area contributed by atoms with Gasteiger partial charge >= 0.3 is 10.8 Å². The lowest BCUT2D eigenvalue weighted by molar-refractivity contribution is 0.0600. The van der Waals surface area contributed by atoms with Crippen LogP contribution in [-0.4, -0.2) is 29.8 Å². The Bertz CT molecular complexity index is 1190. The smallest absolute Gasteiger partial charge is 0.337 e. The van der Waals surface area contributed by atoms with Crippen LogP contribution in [0.1, 0.15) is 31.2 Å². The highest BCUT2D eigenvalue weighted by Gasteiger charge is 2.14. The molecule has 0 bridgehead atoms. The number of hydrazone groups is 1. The van der Waals surface area contributed by atoms with Gasteiger partial charge in [-0.25, -0.2) is 10.2 Å². The zero-order valence-electron chi connectivity index (χ0n) is 15.6. The monoisotopic (exact) mass is 507 g/mol. The molecular weight excluding hydrogens is 494 g/mol. The number of nitrogens with zero attached hydrogens (tertiary/aromatic N) is 2. The first-order valence-corrected chi connectivity index (χ1v) is 10.5. The van der Waals surface area contributed by atoms with E-state index < -0.39 is 11.9 Å². The van der Waals surface area contributed by atoms with Crippen LogP contribution in [-0.2, 0) is 11.3 Å². The Kier molecular flexibility index (Phi) is 7.20. The maximum Gasteiger partial charge on any atom is 0.337 e. The maximum atomic E-state index is 12.4. The fraction of sp³-hybridized carbons (Fsp3) is 0.100. The number of amides is 1. The molecule has 0 aliphatic carbocycles. The summed E-state index contributed by atoms with van der Waals surface area (Å²) in [5.74, 6) is -0.865. The summed E-state index contributed by atoms with van der Waals surface area (Å²) in [6, 6.07) is 13.7. The van der Waals surface area contributed by atoms with E-state index in [0.29, 0.717) is 26.0 Å². The van der Waals surface area contributed by atoms with Gasteiger partial charge < -0.3 is 4.74 Å². The van der Waals surface area contributed by atoms with Gasteiger partial charge in [0.15, 0.2) is 0 Å². The molecule has 0 radical (unpaired) electrons. The maximum absolute atomic E-state index is 12.4. The Balaban J connectivity index is 1.75. The quantitative estimate of drug-likeness (QED) is 0.310. The first-order chi connectivity index (χ1) is 14.4. The summed E-state index contributed by atoms with van der Waals surface area (Å²) in [5.41, 5.74) is 3.93. The molecule has 1 amide bonds. The van der Waals surface area contributed by atoms with Crippen molar-refractivity contribution in [1.82, 2.24) is 9.99 Å². The predicted octanol–water partition coefficient (Wildman–Crippen LogP) is 3.92. The third kappa shape index (κ3) is 5.05. The predicted molar refractivity (Wildman–Crippen MR) is 120 cm³/mol. The number of nitrogens with one attached hydrogen (secondary N) is 1. The number of hydrogen-bond donors (Lipinski definition) is 1. The van der Waals surface area contributed by atoms with Crippen molar-refractivity contribution in [2.24, 2.45) is 5.10 Å².